The van der Waals surface area contributed by atoms with E-state index in [2.05, 4.69) is 41.8 Å². The fraction of sp³-hybridized carbons (Fsp3) is 0.500. The van der Waals surface area contributed by atoms with Gasteiger partial charge in [-0.2, -0.15) is 0 Å². The summed E-state index contributed by atoms with van der Waals surface area (Å²) >= 11 is 0. The first-order valence-corrected chi connectivity index (χ1v) is 7.27. The smallest absolute Gasteiger partial charge is 0.321 e. The number of carbonyl (C=O) groups excluding carboxylic acids is 2. The van der Waals surface area contributed by atoms with E-state index in [0.29, 0.717) is 6.54 Å². The van der Waals surface area contributed by atoms with E-state index < -0.39 is 6.03 Å². The monoisotopic (exact) mass is 291 g/mol. The Hall–Kier alpha value is -1.88. The van der Waals surface area contributed by atoms with Gasteiger partial charge in [0.1, 0.15) is 0 Å². The van der Waals surface area contributed by atoms with E-state index in [-0.39, 0.29) is 18.5 Å². The predicted molar refractivity (Wildman–Crippen MR) is 84.0 cm³/mol. The van der Waals surface area contributed by atoms with E-state index in [1.54, 1.807) is 0 Å². The second kappa shape index (κ2) is 8.42. The molecule has 0 atom stereocenters. The van der Waals surface area contributed by atoms with Gasteiger partial charge in [-0.05, 0) is 38.4 Å². The molecule has 3 amide bonds. The zero-order chi connectivity index (χ0) is 15.8. The van der Waals surface area contributed by atoms with Gasteiger partial charge < -0.3 is 5.32 Å². The van der Waals surface area contributed by atoms with E-state index in [9.17, 15) is 9.59 Å². The van der Waals surface area contributed by atoms with Gasteiger partial charge in [0, 0.05) is 12.6 Å². The molecule has 0 aromatic heterocycles. The molecule has 21 heavy (non-hydrogen) atoms. The van der Waals surface area contributed by atoms with Crippen molar-refractivity contribution in [2.75, 3.05) is 13.6 Å². The molecule has 1 aromatic rings. The van der Waals surface area contributed by atoms with Gasteiger partial charge in [-0.25, -0.2) is 4.79 Å². The van der Waals surface area contributed by atoms with Crippen LogP contribution in [0.3, 0.4) is 0 Å². The molecule has 0 aliphatic heterocycles. The summed E-state index contributed by atoms with van der Waals surface area (Å²) in [4.78, 5) is 25.0. The predicted octanol–water partition coefficient (Wildman–Crippen LogP) is 1.91. The van der Waals surface area contributed by atoms with E-state index in [1.165, 1.54) is 5.56 Å². The van der Waals surface area contributed by atoms with E-state index in [4.69, 9.17) is 0 Å². The Kier molecular flexibility index (Phi) is 6.88. The van der Waals surface area contributed by atoms with Crippen molar-refractivity contribution in [3.63, 3.8) is 0 Å². The molecule has 5 nitrogen and oxygen atoms in total. The number of carbonyl (C=O) groups is 2. The van der Waals surface area contributed by atoms with Crippen LogP contribution in [0.15, 0.2) is 24.3 Å². The van der Waals surface area contributed by atoms with Gasteiger partial charge in [0.15, 0.2) is 0 Å². The van der Waals surface area contributed by atoms with Gasteiger partial charge in [0.2, 0.25) is 5.91 Å². The Morgan fingerprint density at radius 2 is 1.71 bits per heavy atom. The fourth-order valence-electron chi connectivity index (χ4n) is 1.96. The first kappa shape index (κ1) is 17.2. The number of likely N-dealkylation sites (N-methyl/N-ethyl adjacent to an activating group) is 1. The molecule has 2 N–H and O–H groups in total. The molecular weight excluding hydrogens is 266 g/mol. The number of rotatable bonds is 6. The molecule has 116 valence electrons. The van der Waals surface area contributed by atoms with Crippen LogP contribution in [-0.2, 0) is 17.8 Å². The van der Waals surface area contributed by atoms with Crippen LogP contribution in [0.2, 0.25) is 0 Å². The largest absolute Gasteiger partial charge is 0.336 e. The molecule has 1 rings (SSSR count). The van der Waals surface area contributed by atoms with Crippen molar-refractivity contribution in [3.8, 4) is 0 Å². The van der Waals surface area contributed by atoms with Crippen molar-refractivity contribution in [3.05, 3.63) is 35.4 Å². The SMILES string of the molecule is CCc1ccc(CN(C)CC(=O)NC(=O)NC(C)C)cc1. The Bertz CT molecular complexity index is 469. The van der Waals surface area contributed by atoms with Crippen LogP contribution in [0.5, 0.6) is 0 Å². The zero-order valence-electron chi connectivity index (χ0n) is 13.3. The first-order chi connectivity index (χ1) is 9.90. The van der Waals surface area contributed by atoms with E-state index in [1.807, 2.05) is 25.8 Å². The van der Waals surface area contributed by atoms with Crippen LogP contribution in [0, 0.1) is 0 Å². The highest BCUT2D eigenvalue weighted by atomic mass is 16.2. The summed E-state index contributed by atoms with van der Waals surface area (Å²) in [7, 11) is 1.85. The van der Waals surface area contributed by atoms with Gasteiger partial charge >= 0.3 is 6.03 Å². The highest BCUT2D eigenvalue weighted by Crippen LogP contribution is 2.07. The molecule has 0 saturated carbocycles. The standard InChI is InChI=1S/C16H25N3O2/c1-5-13-6-8-14(9-7-13)10-19(4)11-15(20)18-16(21)17-12(2)3/h6-9,12H,5,10-11H2,1-4H3,(H2,17,18,20,21). The lowest BCUT2D eigenvalue weighted by molar-refractivity contribution is -0.120. The molecule has 0 fully saturated rings. The highest BCUT2D eigenvalue weighted by molar-refractivity contribution is 5.95. The number of urea groups is 1. The summed E-state index contributed by atoms with van der Waals surface area (Å²) in [6, 6.07) is 7.89. The maximum absolute atomic E-state index is 11.7. The van der Waals surface area contributed by atoms with Crippen molar-refractivity contribution >= 4 is 11.9 Å². The van der Waals surface area contributed by atoms with Gasteiger partial charge in [-0.1, -0.05) is 31.2 Å². The van der Waals surface area contributed by atoms with Crippen LogP contribution < -0.4 is 10.6 Å². The number of benzene rings is 1. The average molecular weight is 291 g/mol. The first-order valence-electron chi connectivity index (χ1n) is 7.27. The molecule has 0 saturated heterocycles. The molecule has 0 radical (unpaired) electrons. The molecule has 0 bridgehead atoms. The van der Waals surface area contributed by atoms with Gasteiger partial charge in [-0.3, -0.25) is 15.0 Å². The number of nitrogens with one attached hydrogen (secondary N) is 2. The number of imide groups is 1. The Labute approximate surface area is 126 Å². The average Bonchev–Trinajstić information content (AvgIpc) is 2.37. The highest BCUT2D eigenvalue weighted by Gasteiger charge is 2.11. The summed E-state index contributed by atoms with van der Waals surface area (Å²) in [6.45, 7) is 6.66. The molecule has 0 spiro atoms. The summed E-state index contributed by atoms with van der Waals surface area (Å²) < 4.78 is 0. The van der Waals surface area contributed by atoms with E-state index in [0.717, 1.165) is 12.0 Å². The van der Waals surface area contributed by atoms with Crippen LogP contribution >= 0.6 is 0 Å². The third-order valence-corrected chi connectivity index (χ3v) is 2.97. The Morgan fingerprint density at radius 1 is 1.14 bits per heavy atom. The van der Waals surface area contributed by atoms with Crippen LogP contribution in [0.25, 0.3) is 0 Å². The minimum Gasteiger partial charge on any atom is -0.336 e. The molecular formula is C16H25N3O2. The molecule has 0 heterocycles. The maximum atomic E-state index is 11.7. The van der Waals surface area contributed by atoms with Crippen molar-refractivity contribution < 1.29 is 9.59 Å². The van der Waals surface area contributed by atoms with Crippen molar-refractivity contribution in [1.29, 1.82) is 0 Å². The third-order valence-electron chi connectivity index (χ3n) is 2.97. The number of hydrogen-bond donors (Lipinski definition) is 2. The molecule has 0 aliphatic carbocycles. The summed E-state index contributed by atoms with van der Waals surface area (Å²) in [6.07, 6.45) is 1.02. The molecule has 1 aromatic carbocycles. The Morgan fingerprint density at radius 3 is 2.24 bits per heavy atom. The Balaban J connectivity index is 2.39. The number of aryl methyl sites for hydroxylation is 1. The lowest BCUT2D eigenvalue weighted by Crippen LogP contribution is -2.45. The third kappa shape index (κ3) is 6.90. The second-order valence-electron chi connectivity index (χ2n) is 5.52. The minimum absolute atomic E-state index is 0.00705. The molecule has 0 aliphatic rings. The van der Waals surface area contributed by atoms with Crippen molar-refractivity contribution in [1.82, 2.24) is 15.5 Å². The van der Waals surface area contributed by atoms with Gasteiger partial charge in [-0.15, -0.1) is 0 Å². The topological polar surface area (TPSA) is 61.4 Å². The molecule has 5 heteroatoms. The fourth-order valence-corrected chi connectivity index (χ4v) is 1.96. The summed E-state index contributed by atoms with van der Waals surface area (Å²) in [5.74, 6) is -0.305. The quantitative estimate of drug-likeness (QED) is 0.841. The van der Waals surface area contributed by atoms with Crippen molar-refractivity contribution in [2.45, 2.75) is 39.8 Å². The van der Waals surface area contributed by atoms with Crippen molar-refractivity contribution in [2.24, 2.45) is 0 Å². The summed E-state index contributed by atoms with van der Waals surface area (Å²) in [5.41, 5.74) is 2.44. The maximum Gasteiger partial charge on any atom is 0.321 e. The number of amides is 3. The van der Waals surface area contributed by atoms with Crippen LogP contribution in [0.1, 0.15) is 31.9 Å². The normalized spacial score (nSPS) is 10.8. The number of nitrogens with zero attached hydrogens (tertiary/aromatic N) is 1. The van der Waals surface area contributed by atoms with Gasteiger partial charge in [0.25, 0.3) is 0 Å². The second-order valence-corrected chi connectivity index (χ2v) is 5.52. The van der Waals surface area contributed by atoms with Gasteiger partial charge in [0.05, 0.1) is 6.54 Å². The molecule has 0 unspecified atom stereocenters. The zero-order valence-corrected chi connectivity index (χ0v) is 13.3. The summed E-state index contributed by atoms with van der Waals surface area (Å²) in [5, 5.41) is 4.94. The minimum atomic E-state index is -0.448. The van der Waals surface area contributed by atoms with Crippen LogP contribution in [-0.4, -0.2) is 36.5 Å². The van der Waals surface area contributed by atoms with Crippen LogP contribution in [0.4, 0.5) is 4.79 Å². The number of hydrogen-bond acceptors (Lipinski definition) is 3. The lowest BCUT2D eigenvalue weighted by atomic mass is 10.1. The van der Waals surface area contributed by atoms with E-state index >= 15 is 0 Å². The lowest BCUT2D eigenvalue weighted by Gasteiger charge is -2.16.